The van der Waals surface area contributed by atoms with Crippen LogP contribution in [0.25, 0.3) is 10.1 Å². The van der Waals surface area contributed by atoms with Gasteiger partial charge in [-0.15, -0.1) is 11.3 Å². The van der Waals surface area contributed by atoms with Gasteiger partial charge < -0.3 is 0 Å². The van der Waals surface area contributed by atoms with Gasteiger partial charge in [0.1, 0.15) is 0 Å². The Kier molecular flexibility index (Phi) is 2.12. The maximum atomic E-state index is 2.31. The number of fused-ring (bicyclic) bond motifs is 1. The average molecular weight is 190 g/mol. The topological polar surface area (TPSA) is 0 Å². The van der Waals surface area contributed by atoms with E-state index in [9.17, 15) is 0 Å². The summed E-state index contributed by atoms with van der Waals surface area (Å²) in [5, 5.41) is 1.40. The number of aryl methyl sites for hydroxylation is 1. The zero-order valence-corrected chi connectivity index (χ0v) is 9.11. The van der Waals surface area contributed by atoms with E-state index >= 15 is 0 Å². The van der Waals surface area contributed by atoms with E-state index in [-0.39, 0.29) is 0 Å². The van der Waals surface area contributed by atoms with Gasteiger partial charge in [-0.1, -0.05) is 26.0 Å². The number of hydrogen-bond acceptors (Lipinski definition) is 1. The molecule has 0 aliphatic rings. The first kappa shape index (κ1) is 8.76. The summed E-state index contributed by atoms with van der Waals surface area (Å²) in [5.74, 6) is 0.629. The van der Waals surface area contributed by atoms with Crippen LogP contribution in [-0.2, 0) is 0 Å². The predicted molar refractivity (Wildman–Crippen MR) is 60.7 cm³/mol. The van der Waals surface area contributed by atoms with Crippen molar-refractivity contribution in [1.82, 2.24) is 0 Å². The van der Waals surface area contributed by atoms with Crippen LogP contribution >= 0.6 is 11.3 Å². The van der Waals surface area contributed by atoms with Crippen molar-refractivity contribution in [3.8, 4) is 0 Å². The summed E-state index contributed by atoms with van der Waals surface area (Å²) in [4.78, 5) is 1.40. The molecule has 0 fully saturated rings. The molecule has 0 unspecified atom stereocenters. The summed E-state index contributed by atoms with van der Waals surface area (Å²) in [7, 11) is 0. The molecule has 0 atom stereocenters. The summed E-state index contributed by atoms with van der Waals surface area (Å²) in [5.41, 5.74) is 1.44. The van der Waals surface area contributed by atoms with E-state index in [1.54, 1.807) is 0 Å². The lowest BCUT2D eigenvalue weighted by atomic mass is 10.0. The van der Waals surface area contributed by atoms with Gasteiger partial charge in [0.05, 0.1) is 0 Å². The van der Waals surface area contributed by atoms with Gasteiger partial charge in [0.2, 0.25) is 0 Å². The Morgan fingerprint density at radius 1 is 1.15 bits per heavy atom. The largest absolute Gasteiger partial charge is 0.141 e. The third-order valence-electron chi connectivity index (χ3n) is 2.33. The van der Waals surface area contributed by atoms with Crippen molar-refractivity contribution >= 4 is 21.4 Å². The van der Waals surface area contributed by atoms with Crippen molar-refractivity contribution < 1.29 is 0 Å². The molecule has 0 aliphatic heterocycles. The van der Waals surface area contributed by atoms with Crippen molar-refractivity contribution in [3.63, 3.8) is 0 Å². The van der Waals surface area contributed by atoms with E-state index < -0.39 is 0 Å². The van der Waals surface area contributed by atoms with E-state index in [4.69, 9.17) is 0 Å². The molecule has 1 aromatic heterocycles. The zero-order valence-electron chi connectivity index (χ0n) is 8.29. The van der Waals surface area contributed by atoms with Gasteiger partial charge in [-0.3, -0.25) is 0 Å². The Hall–Kier alpha value is -0.820. The molecule has 0 spiro atoms. The lowest BCUT2D eigenvalue weighted by molar-refractivity contribution is 0.869. The Morgan fingerprint density at radius 3 is 2.62 bits per heavy atom. The molecule has 1 aromatic carbocycles. The first-order valence-electron chi connectivity index (χ1n) is 4.67. The van der Waals surface area contributed by atoms with E-state index in [1.165, 1.54) is 20.5 Å². The van der Waals surface area contributed by atoms with Crippen LogP contribution in [-0.4, -0.2) is 0 Å². The number of hydrogen-bond donors (Lipinski definition) is 0. The molecule has 68 valence electrons. The maximum absolute atomic E-state index is 2.31. The monoisotopic (exact) mass is 190 g/mol. The predicted octanol–water partition coefficient (Wildman–Crippen LogP) is 4.33. The molecule has 0 amide bonds. The van der Waals surface area contributed by atoms with Crippen LogP contribution in [0.2, 0.25) is 0 Å². The van der Waals surface area contributed by atoms with Crippen LogP contribution in [0, 0.1) is 6.92 Å². The molecule has 0 radical (unpaired) electrons. The molecule has 13 heavy (non-hydrogen) atoms. The second-order valence-electron chi connectivity index (χ2n) is 3.81. The Bertz CT molecular complexity index is 424. The van der Waals surface area contributed by atoms with Gasteiger partial charge in [-0.05, 0) is 35.9 Å². The zero-order chi connectivity index (χ0) is 9.42. The minimum Gasteiger partial charge on any atom is -0.141 e. The Labute approximate surface area is 83.2 Å². The van der Waals surface area contributed by atoms with Gasteiger partial charge in [-0.2, -0.15) is 0 Å². The minimum atomic E-state index is 0.629. The normalized spacial score (nSPS) is 11.4. The molecule has 0 saturated carbocycles. The van der Waals surface area contributed by atoms with Gasteiger partial charge >= 0.3 is 0 Å². The summed E-state index contributed by atoms with van der Waals surface area (Å²) in [6.07, 6.45) is 0. The highest BCUT2D eigenvalue weighted by molar-refractivity contribution is 7.19. The summed E-state index contributed by atoms with van der Waals surface area (Å²) < 4.78 is 1.40. The molecule has 0 saturated heterocycles. The molecule has 0 aliphatic carbocycles. The van der Waals surface area contributed by atoms with E-state index in [0.29, 0.717) is 5.92 Å². The van der Waals surface area contributed by atoms with E-state index in [0.717, 1.165) is 0 Å². The number of benzene rings is 1. The quantitative estimate of drug-likeness (QED) is 0.627. The summed E-state index contributed by atoms with van der Waals surface area (Å²) in [6, 6.07) is 9.06. The van der Waals surface area contributed by atoms with Gasteiger partial charge in [0, 0.05) is 9.58 Å². The van der Waals surface area contributed by atoms with E-state index in [2.05, 4.69) is 45.0 Å². The summed E-state index contributed by atoms with van der Waals surface area (Å²) >= 11 is 1.87. The Balaban J connectivity index is 2.61. The van der Waals surface area contributed by atoms with Crippen LogP contribution in [0.3, 0.4) is 0 Å². The molecule has 2 aromatic rings. The molecule has 1 heteroatoms. The molecular formula is C12H14S. The van der Waals surface area contributed by atoms with Crippen molar-refractivity contribution in [2.45, 2.75) is 26.7 Å². The van der Waals surface area contributed by atoms with Crippen molar-refractivity contribution in [2.24, 2.45) is 0 Å². The van der Waals surface area contributed by atoms with Crippen LogP contribution < -0.4 is 0 Å². The first-order chi connectivity index (χ1) is 6.16. The second kappa shape index (κ2) is 3.15. The van der Waals surface area contributed by atoms with Gasteiger partial charge in [0.25, 0.3) is 0 Å². The Morgan fingerprint density at radius 2 is 1.92 bits per heavy atom. The number of rotatable bonds is 1. The average Bonchev–Trinajstić information content (AvgIpc) is 2.42. The lowest BCUT2D eigenvalue weighted by Gasteiger charge is -2.03. The fourth-order valence-electron chi connectivity index (χ4n) is 1.55. The second-order valence-corrected chi connectivity index (χ2v) is 5.10. The molecule has 0 N–H and O–H groups in total. The van der Waals surface area contributed by atoms with Crippen LogP contribution in [0.15, 0.2) is 24.3 Å². The molecule has 1 heterocycles. The molecule has 2 rings (SSSR count). The standard InChI is InChI=1S/C12H14S/c1-8(2)10-4-5-12-11(7-10)6-9(3)13-12/h4-8H,1-3H3. The van der Waals surface area contributed by atoms with Crippen molar-refractivity contribution in [1.29, 1.82) is 0 Å². The third kappa shape index (κ3) is 1.61. The van der Waals surface area contributed by atoms with Crippen molar-refractivity contribution in [2.75, 3.05) is 0 Å². The molecule has 0 bridgehead atoms. The van der Waals surface area contributed by atoms with Gasteiger partial charge in [0.15, 0.2) is 0 Å². The third-order valence-corrected chi connectivity index (χ3v) is 3.36. The number of thiophene rings is 1. The molecule has 0 nitrogen and oxygen atoms in total. The highest BCUT2D eigenvalue weighted by Crippen LogP contribution is 2.27. The van der Waals surface area contributed by atoms with Crippen molar-refractivity contribution in [3.05, 3.63) is 34.7 Å². The highest BCUT2D eigenvalue weighted by Gasteiger charge is 2.02. The fourth-order valence-corrected chi connectivity index (χ4v) is 2.46. The van der Waals surface area contributed by atoms with Crippen LogP contribution in [0.4, 0.5) is 0 Å². The smallest absolute Gasteiger partial charge is 0.0345 e. The fraction of sp³-hybridized carbons (Fsp3) is 0.333. The minimum absolute atomic E-state index is 0.629. The summed E-state index contributed by atoms with van der Waals surface area (Å²) in [6.45, 7) is 6.64. The van der Waals surface area contributed by atoms with Crippen LogP contribution in [0.5, 0.6) is 0 Å². The van der Waals surface area contributed by atoms with Crippen LogP contribution in [0.1, 0.15) is 30.2 Å². The lowest BCUT2D eigenvalue weighted by Crippen LogP contribution is -1.84. The van der Waals surface area contributed by atoms with E-state index in [1.807, 2.05) is 11.3 Å². The maximum Gasteiger partial charge on any atom is 0.0345 e. The van der Waals surface area contributed by atoms with Gasteiger partial charge in [-0.25, -0.2) is 0 Å². The highest BCUT2D eigenvalue weighted by atomic mass is 32.1. The first-order valence-corrected chi connectivity index (χ1v) is 5.48. The SMILES string of the molecule is Cc1cc2cc(C(C)C)ccc2s1. The molecular weight excluding hydrogens is 176 g/mol.